The van der Waals surface area contributed by atoms with E-state index in [0.29, 0.717) is 19.5 Å². The highest BCUT2D eigenvalue weighted by molar-refractivity contribution is 5.84. The van der Waals surface area contributed by atoms with Gasteiger partial charge in [0.2, 0.25) is 5.91 Å². The molecule has 0 aromatic heterocycles. The van der Waals surface area contributed by atoms with Crippen LogP contribution in [-0.2, 0) is 9.59 Å². The van der Waals surface area contributed by atoms with Crippen LogP contribution in [-0.4, -0.2) is 41.0 Å². The Morgan fingerprint density at radius 1 is 1.33 bits per heavy atom. The zero-order valence-electron chi connectivity index (χ0n) is 10.9. The van der Waals surface area contributed by atoms with Gasteiger partial charge in [-0.2, -0.15) is 0 Å². The smallest absolute Gasteiger partial charge is 0.308 e. The van der Waals surface area contributed by atoms with E-state index in [-0.39, 0.29) is 11.9 Å². The molecule has 0 radical (unpaired) electrons. The maximum Gasteiger partial charge on any atom is 0.308 e. The maximum atomic E-state index is 12.6. The van der Waals surface area contributed by atoms with Gasteiger partial charge < -0.3 is 15.7 Å². The second-order valence-corrected chi connectivity index (χ2v) is 5.84. The zero-order chi connectivity index (χ0) is 13.3. The largest absolute Gasteiger partial charge is 0.481 e. The highest BCUT2D eigenvalue weighted by Crippen LogP contribution is 2.39. The van der Waals surface area contributed by atoms with Crippen molar-refractivity contribution >= 4 is 11.9 Å². The van der Waals surface area contributed by atoms with E-state index in [1.807, 2.05) is 6.92 Å². The Bertz CT molecular complexity index is 358. The zero-order valence-corrected chi connectivity index (χ0v) is 10.9. The Morgan fingerprint density at radius 3 is 2.61 bits per heavy atom. The Kier molecular flexibility index (Phi) is 3.61. The van der Waals surface area contributed by atoms with Crippen LogP contribution < -0.4 is 5.73 Å². The van der Waals surface area contributed by atoms with Crippen LogP contribution in [0.1, 0.15) is 39.0 Å². The van der Waals surface area contributed by atoms with E-state index < -0.39 is 17.3 Å². The van der Waals surface area contributed by atoms with Crippen LogP contribution in [0.4, 0.5) is 0 Å². The molecule has 102 valence electrons. The number of nitrogens with zero attached hydrogens (tertiary/aromatic N) is 1. The topological polar surface area (TPSA) is 83.6 Å². The maximum absolute atomic E-state index is 12.6. The standard InChI is InChI=1S/C13H22N2O3/c1-13(6-2-5-10(13)14)12(18)15-7-3-4-9(8-15)11(16)17/h9-10H,2-8,14H2,1H3,(H,16,17). The minimum atomic E-state index is -0.798. The fourth-order valence-electron chi connectivity index (χ4n) is 3.18. The molecule has 0 aromatic carbocycles. The van der Waals surface area contributed by atoms with Crippen LogP contribution in [0.2, 0.25) is 0 Å². The molecule has 1 saturated heterocycles. The molecule has 3 atom stereocenters. The predicted molar refractivity (Wildman–Crippen MR) is 66.9 cm³/mol. The second kappa shape index (κ2) is 4.88. The van der Waals surface area contributed by atoms with Crippen LogP contribution in [0.5, 0.6) is 0 Å². The van der Waals surface area contributed by atoms with Gasteiger partial charge in [-0.25, -0.2) is 0 Å². The van der Waals surface area contributed by atoms with Crippen molar-refractivity contribution < 1.29 is 14.7 Å². The first kappa shape index (κ1) is 13.3. The lowest BCUT2D eigenvalue weighted by Gasteiger charge is -2.38. The van der Waals surface area contributed by atoms with E-state index in [1.54, 1.807) is 4.90 Å². The molecule has 1 aliphatic carbocycles. The van der Waals surface area contributed by atoms with Gasteiger partial charge in [-0.1, -0.05) is 6.42 Å². The number of amides is 1. The first-order valence-electron chi connectivity index (χ1n) is 6.73. The Balaban J connectivity index is 2.07. The minimum absolute atomic E-state index is 0.0541. The van der Waals surface area contributed by atoms with Crippen molar-refractivity contribution in [1.29, 1.82) is 0 Å². The number of carbonyl (C=O) groups is 2. The lowest BCUT2D eigenvalue weighted by atomic mass is 9.82. The minimum Gasteiger partial charge on any atom is -0.481 e. The van der Waals surface area contributed by atoms with Gasteiger partial charge in [0.1, 0.15) is 0 Å². The van der Waals surface area contributed by atoms with Crippen molar-refractivity contribution in [2.75, 3.05) is 13.1 Å². The van der Waals surface area contributed by atoms with E-state index in [0.717, 1.165) is 25.7 Å². The summed E-state index contributed by atoms with van der Waals surface area (Å²) < 4.78 is 0. The Hall–Kier alpha value is -1.10. The number of carboxylic acids is 1. The summed E-state index contributed by atoms with van der Waals surface area (Å²) in [5.41, 5.74) is 5.57. The van der Waals surface area contributed by atoms with Crippen LogP contribution >= 0.6 is 0 Å². The van der Waals surface area contributed by atoms with Gasteiger partial charge in [-0.15, -0.1) is 0 Å². The monoisotopic (exact) mass is 254 g/mol. The third kappa shape index (κ3) is 2.23. The summed E-state index contributed by atoms with van der Waals surface area (Å²) in [4.78, 5) is 25.3. The average molecular weight is 254 g/mol. The summed E-state index contributed by atoms with van der Waals surface area (Å²) in [5, 5.41) is 9.06. The number of carboxylic acid groups (broad SMARTS) is 1. The van der Waals surface area contributed by atoms with E-state index in [9.17, 15) is 9.59 Å². The Labute approximate surface area is 107 Å². The number of hydrogen-bond donors (Lipinski definition) is 2. The van der Waals surface area contributed by atoms with Gasteiger partial charge >= 0.3 is 5.97 Å². The van der Waals surface area contributed by atoms with Gasteiger partial charge in [0.05, 0.1) is 11.3 Å². The van der Waals surface area contributed by atoms with E-state index in [4.69, 9.17) is 10.8 Å². The highest BCUT2D eigenvalue weighted by atomic mass is 16.4. The number of nitrogens with two attached hydrogens (primary N) is 1. The molecule has 1 heterocycles. The predicted octanol–water partition coefficient (Wildman–Crippen LogP) is 0.827. The van der Waals surface area contributed by atoms with Gasteiger partial charge in [0, 0.05) is 19.1 Å². The molecule has 3 unspecified atom stereocenters. The quantitative estimate of drug-likeness (QED) is 0.764. The summed E-state index contributed by atoms with van der Waals surface area (Å²) in [7, 11) is 0. The summed E-state index contributed by atoms with van der Waals surface area (Å²) in [6.07, 6.45) is 4.13. The molecule has 1 aliphatic heterocycles. The fraction of sp³-hybridized carbons (Fsp3) is 0.846. The molecule has 18 heavy (non-hydrogen) atoms. The number of hydrogen-bond acceptors (Lipinski definition) is 3. The second-order valence-electron chi connectivity index (χ2n) is 5.84. The van der Waals surface area contributed by atoms with Gasteiger partial charge in [0.25, 0.3) is 0 Å². The third-order valence-electron chi connectivity index (χ3n) is 4.58. The van der Waals surface area contributed by atoms with Crippen LogP contribution in [0, 0.1) is 11.3 Å². The molecule has 3 N–H and O–H groups in total. The van der Waals surface area contributed by atoms with Crippen LogP contribution in [0.25, 0.3) is 0 Å². The van der Waals surface area contributed by atoms with E-state index >= 15 is 0 Å². The van der Waals surface area contributed by atoms with Gasteiger partial charge in [0.15, 0.2) is 0 Å². The van der Waals surface area contributed by atoms with Crippen molar-refractivity contribution in [3.63, 3.8) is 0 Å². The van der Waals surface area contributed by atoms with Gasteiger partial charge in [-0.05, 0) is 32.6 Å². The van der Waals surface area contributed by atoms with Crippen molar-refractivity contribution in [2.45, 2.75) is 45.1 Å². The summed E-state index contributed by atoms with van der Waals surface area (Å²) >= 11 is 0. The molecule has 2 rings (SSSR count). The van der Waals surface area contributed by atoms with E-state index in [1.165, 1.54) is 0 Å². The number of rotatable bonds is 2. The van der Waals surface area contributed by atoms with Crippen molar-refractivity contribution in [3.8, 4) is 0 Å². The number of likely N-dealkylation sites (tertiary alicyclic amines) is 1. The van der Waals surface area contributed by atoms with Crippen molar-refractivity contribution in [2.24, 2.45) is 17.1 Å². The third-order valence-corrected chi connectivity index (χ3v) is 4.58. The molecule has 0 bridgehead atoms. The molecule has 2 fully saturated rings. The first-order chi connectivity index (χ1) is 8.45. The van der Waals surface area contributed by atoms with Crippen LogP contribution in [0.3, 0.4) is 0 Å². The highest BCUT2D eigenvalue weighted by Gasteiger charge is 2.46. The van der Waals surface area contributed by atoms with Crippen molar-refractivity contribution in [1.82, 2.24) is 4.90 Å². The summed E-state index contributed by atoms with van der Waals surface area (Å²) in [5.74, 6) is -1.16. The molecular weight excluding hydrogens is 232 g/mol. The Morgan fingerprint density at radius 2 is 2.06 bits per heavy atom. The number of aliphatic carboxylic acids is 1. The fourth-order valence-corrected chi connectivity index (χ4v) is 3.18. The molecule has 5 heteroatoms. The van der Waals surface area contributed by atoms with Crippen molar-refractivity contribution in [3.05, 3.63) is 0 Å². The average Bonchev–Trinajstić information content (AvgIpc) is 2.70. The molecule has 2 aliphatic rings. The molecule has 0 aromatic rings. The normalized spacial score (nSPS) is 36.7. The molecular formula is C13H22N2O3. The van der Waals surface area contributed by atoms with Crippen LogP contribution in [0.15, 0.2) is 0 Å². The summed E-state index contributed by atoms with van der Waals surface area (Å²) in [6, 6.07) is -0.0878. The number of carbonyl (C=O) groups excluding carboxylic acids is 1. The molecule has 5 nitrogen and oxygen atoms in total. The lowest BCUT2D eigenvalue weighted by molar-refractivity contribution is -0.149. The summed E-state index contributed by atoms with van der Waals surface area (Å²) in [6.45, 7) is 2.94. The molecule has 1 amide bonds. The first-order valence-corrected chi connectivity index (χ1v) is 6.73. The van der Waals surface area contributed by atoms with E-state index in [2.05, 4.69) is 0 Å². The van der Waals surface area contributed by atoms with Gasteiger partial charge in [-0.3, -0.25) is 9.59 Å². The molecule has 1 saturated carbocycles. The molecule has 0 spiro atoms. The lowest BCUT2D eigenvalue weighted by Crippen LogP contribution is -2.52. The SMILES string of the molecule is CC1(C(=O)N2CCCC(C(=O)O)C2)CCCC1N. The number of piperidine rings is 1.